The Kier molecular flexibility index (Phi) is 4.44. The first-order chi connectivity index (χ1) is 12.0. The summed E-state index contributed by atoms with van der Waals surface area (Å²) in [6.07, 6.45) is 6.00. The van der Waals surface area contributed by atoms with Crippen LogP contribution in [-0.2, 0) is 25.7 Å². The fourth-order valence-electron chi connectivity index (χ4n) is 3.19. The highest BCUT2D eigenvalue weighted by Gasteiger charge is 2.62. The molecule has 1 aromatic carbocycles. The van der Waals surface area contributed by atoms with Crippen molar-refractivity contribution in [2.75, 3.05) is 13.7 Å². The Morgan fingerprint density at radius 1 is 1.16 bits per heavy atom. The number of ketones is 1. The van der Waals surface area contributed by atoms with Crippen LogP contribution in [-0.4, -0.2) is 41.8 Å². The van der Waals surface area contributed by atoms with Crippen LogP contribution in [0, 0.1) is 5.92 Å². The molecule has 1 spiro atoms. The molecule has 1 fully saturated rings. The number of esters is 1. The zero-order valence-electron chi connectivity index (χ0n) is 14.1. The second-order valence-electron chi connectivity index (χ2n) is 5.91. The molecular formula is C19H19NO5. The molecule has 6 heteroatoms. The summed E-state index contributed by atoms with van der Waals surface area (Å²) in [4.78, 5) is 37.9. The quantitative estimate of drug-likeness (QED) is 0.463. The Balaban J connectivity index is 1.88. The minimum Gasteiger partial charge on any atom is -0.497 e. The molecule has 25 heavy (non-hydrogen) atoms. The molecule has 3 rings (SSSR count). The van der Waals surface area contributed by atoms with Crippen LogP contribution in [0.15, 0.2) is 48.6 Å². The largest absolute Gasteiger partial charge is 0.497 e. The van der Waals surface area contributed by atoms with Crippen molar-refractivity contribution in [3.63, 3.8) is 0 Å². The molecule has 0 radical (unpaired) electrons. The predicted molar refractivity (Wildman–Crippen MR) is 89.7 cm³/mol. The third-order valence-electron chi connectivity index (χ3n) is 4.49. The summed E-state index contributed by atoms with van der Waals surface area (Å²) in [6.45, 7) is 2.21. The van der Waals surface area contributed by atoms with Gasteiger partial charge in [0.25, 0.3) is 0 Å². The van der Waals surface area contributed by atoms with Crippen molar-refractivity contribution in [3.8, 4) is 5.75 Å². The van der Waals surface area contributed by atoms with Crippen LogP contribution in [0.3, 0.4) is 0 Å². The monoisotopic (exact) mass is 341 g/mol. The molecule has 1 amide bonds. The highest BCUT2D eigenvalue weighted by Crippen LogP contribution is 2.43. The lowest BCUT2D eigenvalue weighted by atomic mass is 9.70. The Morgan fingerprint density at radius 2 is 1.80 bits per heavy atom. The number of amides is 1. The zero-order valence-corrected chi connectivity index (χ0v) is 14.1. The van der Waals surface area contributed by atoms with Gasteiger partial charge in [0.15, 0.2) is 11.7 Å². The number of likely N-dealkylation sites (tertiary alicyclic amines) is 1. The molecular weight excluding hydrogens is 322 g/mol. The summed E-state index contributed by atoms with van der Waals surface area (Å²) in [5, 5.41) is 0. The number of carbonyl (C=O) groups excluding carboxylic acids is 3. The van der Waals surface area contributed by atoms with Crippen LogP contribution >= 0.6 is 0 Å². The van der Waals surface area contributed by atoms with Gasteiger partial charge in [0.05, 0.1) is 13.7 Å². The Morgan fingerprint density at radius 3 is 2.36 bits per heavy atom. The molecule has 1 atom stereocenters. The topological polar surface area (TPSA) is 72.9 Å². The number of allylic oxidation sites excluding steroid dienone is 2. The highest BCUT2D eigenvalue weighted by molar-refractivity contribution is 6.09. The molecule has 0 saturated carbocycles. The summed E-state index contributed by atoms with van der Waals surface area (Å²) in [5.74, 6) is -1.27. The second kappa shape index (κ2) is 6.55. The molecule has 1 aromatic rings. The summed E-state index contributed by atoms with van der Waals surface area (Å²) in [5.41, 5.74) is -0.0495. The summed E-state index contributed by atoms with van der Waals surface area (Å²) < 4.78 is 10.2. The van der Waals surface area contributed by atoms with Crippen molar-refractivity contribution in [2.24, 2.45) is 5.92 Å². The fourth-order valence-corrected chi connectivity index (χ4v) is 3.19. The van der Waals surface area contributed by atoms with E-state index in [0.29, 0.717) is 6.54 Å². The number of hydrogen-bond donors (Lipinski definition) is 0. The number of carbonyl (C=O) groups is 3. The number of ether oxygens (including phenoxy) is 2. The molecule has 1 heterocycles. The van der Waals surface area contributed by atoms with E-state index in [2.05, 4.69) is 0 Å². The van der Waals surface area contributed by atoms with E-state index in [-0.39, 0.29) is 18.3 Å². The van der Waals surface area contributed by atoms with Crippen LogP contribution in [0.4, 0.5) is 0 Å². The van der Waals surface area contributed by atoms with Gasteiger partial charge in [-0.1, -0.05) is 12.1 Å². The smallest absolute Gasteiger partial charge is 0.321 e. The van der Waals surface area contributed by atoms with Crippen LogP contribution in [0.2, 0.25) is 0 Å². The van der Waals surface area contributed by atoms with Crippen molar-refractivity contribution in [1.29, 1.82) is 0 Å². The van der Waals surface area contributed by atoms with Gasteiger partial charge in [0, 0.05) is 6.54 Å². The number of hydrogen-bond acceptors (Lipinski definition) is 5. The first-order valence-corrected chi connectivity index (χ1v) is 8.05. The minimum atomic E-state index is -0.953. The molecule has 0 N–H and O–H groups in total. The lowest BCUT2D eigenvalue weighted by Gasteiger charge is -2.54. The summed E-state index contributed by atoms with van der Waals surface area (Å²) >= 11 is 0. The maximum absolute atomic E-state index is 12.6. The molecule has 0 unspecified atom stereocenters. The molecule has 6 nitrogen and oxygen atoms in total. The molecule has 130 valence electrons. The van der Waals surface area contributed by atoms with E-state index < -0.39 is 17.4 Å². The van der Waals surface area contributed by atoms with Gasteiger partial charge in [-0.25, -0.2) is 0 Å². The van der Waals surface area contributed by atoms with Gasteiger partial charge in [0.2, 0.25) is 5.91 Å². The normalized spacial score (nSPS) is 20.6. The van der Waals surface area contributed by atoms with Gasteiger partial charge < -0.3 is 14.4 Å². The fraction of sp³-hybridized carbons (Fsp3) is 0.316. The standard InChI is InChI=1S/C19H19NO5/c1-3-25-18(23)16-17(22)20(19(16)10-8-14(21)9-11-19)12-13-4-6-15(24-2)7-5-13/h4-11,16H,3,12H2,1-2H3/t16-/m1/s1. The number of rotatable bonds is 5. The Labute approximate surface area is 145 Å². The van der Waals surface area contributed by atoms with Crippen molar-refractivity contribution >= 4 is 17.7 Å². The van der Waals surface area contributed by atoms with Crippen LogP contribution < -0.4 is 4.74 Å². The summed E-state index contributed by atoms with van der Waals surface area (Å²) in [6, 6.07) is 7.34. The number of methoxy groups -OCH3 is 1. The van der Waals surface area contributed by atoms with E-state index in [4.69, 9.17) is 9.47 Å². The van der Waals surface area contributed by atoms with Gasteiger partial charge in [-0.2, -0.15) is 0 Å². The van der Waals surface area contributed by atoms with Gasteiger partial charge in [-0.3, -0.25) is 14.4 Å². The average Bonchev–Trinajstić information content (AvgIpc) is 2.62. The van der Waals surface area contributed by atoms with E-state index in [1.807, 2.05) is 24.3 Å². The minimum absolute atomic E-state index is 0.169. The SMILES string of the molecule is CCOC(=O)[C@H]1C(=O)N(Cc2ccc(OC)cc2)C12C=CC(=O)C=C2. The van der Waals surface area contributed by atoms with Crippen molar-refractivity contribution in [2.45, 2.75) is 19.0 Å². The number of β-lactam (4-membered cyclic amide) rings is 1. The zero-order chi connectivity index (χ0) is 18.0. The first kappa shape index (κ1) is 17.0. The summed E-state index contributed by atoms with van der Waals surface area (Å²) in [7, 11) is 1.58. The van der Waals surface area contributed by atoms with Gasteiger partial charge in [-0.15, -0.1) is 0 Å². The second-order valence-corrected chi connectivity index (χ2v) is 5.91. The third-order valence-corrected chi connectivity index (χ3v) is 4.49. The van der Waals surface area contributed by atoms with Crippen LogP contribution in [0.25, 0.3) is 0 Å². The maximum atomic E-state index is 12.6. The lowest BCUT2D eigenvalue weighted by molar-refractivity contribution is -0.177. The molecule has 0 aromatic heterocycles. The van der Waals surface area contributed by atoms with Gasteiger partial charge in [-0.05, 0) is 48.9 Å². The van der Waals surface area contributed by atoms with Crippen molar-refractivity contribution in [3.05, 3.63) is 54.1 Å². The molecule has 1 saturated heterocycles. The van der Waals surface area contributed by atoms with E-state index in [9.17, 15) is 14.4 Å². The van der Waals surface area contributed by atoms with Crippen molar-refractivity contribution in [1.82, 2.24) is 4.90 Å². The lowest BCUT2D eigenvalue weighted by Crippen LogP contribution is -2.71. The predicted octanol–water partition coefficient (Wildman–Crippen LogP) is 1.65. The van der Waals surface area contributed by atoms with E-state index in [1.54, 1.807) is 31.1 Å². The molecule has 1 aliphatic heterocycles. The molecule has 2 aliphatic rings. The van der Waals surface area contributed by atoms with E-state index in [0.717, 1.165) is 11.3 Å². The van der Waals surface area contributed by atoms with Gasteiger partial charge in [0.1, 0.15) is 11.3 Å². The molecule has 1 aliphatic carbocycles. The molecule has 0 bridgehead atoms. The van der Waals surface area contributed by atoms with Crippen LogP contribution in [0.1, 0.15) is 12.5 Å². The average molecular weight is 341 g/mol. The third kappa shape index (κ3) is 2.84. The Bertz CT molecular complexity index is 747. The Hall–Kier alpha value is -2.89. The number of nitrogens with zero attached hydrogens (tertiary/aromatic N) is 1. The van der Waals surface area contributed by atoms with E-state index >= 15 is 0 Å². The van der Waals surface area contributed by atoms with E-state index in [1.165, 1.54) is 12.2 Å². The first-order valence-electron chi connectivity index (χ1n) is 8.05. The van der Waals surface area contributed by atoms with Crippen LogP contribution in [0.5, 0.6) is 5.75 Å². The maximum Gasteiger partial charge on any atom is 0.321 e. The number of benzene rings is 1. The van der Waals surface area contributed by atoms with Crippen molar-refractivity contribution < 1.29 is 23.9 Å². The highest BCUT2D eigenvalue weighted by atomic mass is 16.5. The van der Waals surface area contributed by atoms with Gasteiger partial charge >= 0.3 is 5.97 Å².